The van der Waals surface area contributed by atoms with Crippen molar-refractivity contribution in [2.24, 2.45) is 0 Å². The Hall–Kier alpha value is -5.87. The van der Waals surface area contributed by atoms with Crippen molar-refractivity contribution in [3.63, 3.8) is 0 Å². The summed E-state index contributed by atoms with van der Waals surface area (Å²) in [6, 6.07) is 35.8. The molecule has 0 fully saturated rings. The molecule has 0 bridgehead atoms. The molecule has 5 rings (SSSR count). The van der Waals surface area contributed by atoms with Gasteiger partial charge >= 0.3 is 0 Å². The molecule has 242 valence electrons. The first-order valence-electron chi connectivity index (χ1n) is 14.8. The summed E-state index contributed by atoms with van der Waals surface area (Å²) in [4.78, 5) is 40.8. The Morgan fingerprint density at radius 1 is 0.750 bits per heavy atom. The van der Waals surface area contributed by atoms with E-state index in [1.54, 1.807) is 84.9 Å². The van der Waals surface area contributed by atoms with Crippen molar-refractivity contribution in [3.8, 4) is 11.5 Å². The summed E-state index contributed by atoms with van der Waals surface area (Å²) >= 11 is 1.28. The van der Waals surface area contributed by atoms with E-state index in [2.05, 4.69) is 16.0 Å². The number of ether oxygens (including phenoxy) is 2. The van der Waals surface area contributed by atoms with Gasteiger partial charge in [0.15, 0.2) is 0 Å². The van der Waals surface area contributed by atoms with Crippen molar-refractivity contribution in [2.75, 3.05) is 24.9 Å². The van der Waals surface area contributed by atoms with Crippen LogP contribution in [0.15, 0.2) is 138 Å². The second kappa shape index (κ2) is 16.1. The Kier molecular flexibility index (Phi) is 11.2. The number of benzene rings is 5. The van der Waals surface area contributed by atoms with Crippen molar-refractivity contribution < 1.29 is 28.2 Å². The minimum atomic E-state index is -0.687. The van der Waals surface area contributed by atoms with Gasteiger partial charge in [-0.2, -0.15) is 0 Å². The normalized spacial score (nSPS) is 11.6. The maximum Gasteiger partial charge on any atom is 0.272 e. The van der Waals surface area contributed by atoms with Crippen molar-refractivity contribution in [1.82, 2.24) is 5.32 Å². The molecule has 0 aliphatic carbocycles. The van der Waals surface area contributed by atoms with Crippen LogP contribution in [0.25, 0.3) is 6.08 Å². The number of carbonyl (C=O) groups is 3. The molecule has 3 N–H and O–H groups in total. The fourth-order valence-corrected chi connectivity index (χ4v) is 5.67. The van der Waals surface area contributed by atoms with Gasteiger partial charge in [-0.3, -0.25) is 14.4 Å². The SMILES string of the molecule is COc1ccc(/C=C(\NC(=O)c2ccccc2)C(=O)Nc2ccc(SC(C(=O)Nc3ccccc3F)c3ccccc3)cc2)c(OC)c1. The molecule has 5 aromatic rings. The van der Waals surface area contributed by atoms with Gasteiger partial charge in [-0.25, -0.2) is 4.39 Å². The van der Waals surface area contributed by atoms with Crippen LogP contribution in [0.2, 0.25) is 0 Å². The molecule has 0 saturated heterocycles. The van der Waals surface area contributed by atoms with E-state index in [0.717, 1.165) is 10.5 Å². The van der Waals surface area contributed by atoms with E-state index >= 15 is 0 Å². The fraction of sp³-hybridized carbons (Fsp3) is 0.0789. The van der Waals surface area contributed by atoms with Crippen molar-refractivity contribution in [2.45, 2.75) is 10.1 Å². The summed E-state index contributed by atoms with van der Waals surface area (Å²) in [5.74, 6) is -0.920. The van der Waals surface area contributed by atoms with E-state index in [1.165, 1.54) is 44.2 Å². The summed E-state index contributed by atoms with van der Waals surface area (Å²) in [7, 11) is 3.04. The highest BCUT2D eigenvalue weighted by Gasteiger charge is 2.23. The highest BCUT2D eigenvalue weighted by atomic mass is 32.2. The predicted octanol–water partition coefficient (Wildman–Crippen LogP) is 7.72. The van der Waals surface area contributed by atoms with Gasteiger partial charge in [0, 0.05) is 27.8 Å². The molecule has 0 aliphatic heterocycles. The number of hydrogen-bond donors (Lipinski definition) is 3. The summed E-state index contributed by atoms with van der Waals surface area (Å²) in [6.07, 6.45) is 1.53. The van der Waals surface area contributed by atoms with Gasteiger partial charge in [0.05, 0.1) is 19.9 Å². The maximum atomic E-state index is 14.3. The first-order valence-corrected chi connectivity index (χ1v) is 15.7. The molecule has 1 unspecified atom stereocenters. The molecular formula is C38H32FN3O5S. The second-order valence-electron chi connectivity index (χ2n) is 10.3. The zero-order chi connectivity index (χ0) is 33.9. The fourth-order valence-electron chi connectivity index (χ4n) is 4.65. The Morgan fingerprint density at radius 3 is 2.08 bits per heavy atom. The summed E-state index contributed by atoms with van der Waals surface area (Å²) < 4.78 is 25.1. The van der Waals surface area contributed by atoms with Gasteiger partial charge in [0.25, 0.3) is 11.8 Å². The van der Waals surface area contributed by atoms with Gasteiger partial charge in [-0.15, -0.1) is 11.8 Å². The standard InChI is InChI=1S/C38H32FN3O5S/c1-46-29-20-17-27(34(24-29)47-2)23-33(42-36(43)26-13-7-4-8-14-26)37(44)40-28-18-21-30(22-19-28)48-35(25-11-5-3-6-12-25)38(45)41-32-16-10-9-15-31(32)39/h3-24,35H,1-2H3,(H,40,44)(H,41,45)(H,42,43)/b33-23-. The zero-order valence-corrected chi connectivity index (χ0v) is 26.9. The number of hydrogen-bond acceptors (Lipinski definition) is 6. The molecule has 1 atom stereocenters. The van der Waals surface area contributed by atoms with Crippen molar-refractivity contribution in [3.05, 3.63) is 156 Å². The van der Waals surface area contributed by atoms with E-state index < -0.39 is 22.9 Å². The number of nitrogens with one attached hydrogen (secondary N) is 3. The molecule has 0 saturated carbocycles. The lowest BCUT2D eigenvalue weighted by atomic mass is 10.1. The van der Waals surface area contributed by atoms with Gasteiger partial charge < -0.3 is 25.4 Å². The third-order valence-corrected chi connectivity index (χ3v) is 8.37. The molecule has 0 spiro atoms. The zero-order valence-electron chi connectivity index (χ0n) is 26.1. The second-order valence-corrected chi connectivity index (χ2v) is 11.5. The molecule has 8 nitrogen and oxygen atoms in total. The monoisotopic (exact) mass is 661 g/mol. The maximum absolute atomic E-state index is 14.3. The Labute approximate surface area is 282 Å². The van der Waals surface area contributed by atoms with E-state index in [9.17, 15) is 18.8 Å². The van der Waals surface area contributed by atoms with E-state index in [-0.39, 0.29) is 17.3 Å². The van der Waals surface area contributed by atoms with Crippen LogP contribution in [0.1, 0.15) is 26.7 Å². The van der Waals surface area contributed by atoms with E-state index in [1.807, 2.05) is 30.3 Å². The van der Waals surface area contributed by atoms with Crippen LogP contribution in [0.5, 0.6) is 11.5 Å². The van der Waals surface area contributed by atoms with Gasteiger partial charge in [0.1, 0.15) is 28.3 Å². The Balaban J connectivity index is 1.36. The molecule has 0 heterocycles. The highest BCUT2D eigenvalue weighted by Crippen LogP contribution is 2.37. The highest BCUT2D eigenvalue weighted by molar-refractivity contribution is 8.00. The number of amides is 3. The third-order valence-electron chi connectivity index (χ3n) is 7.11. The molecule has 0 radical (unpaired) electrons. The first-order chi connectivity index (χ1) is 23.3. The van der Waals surface area contributed by atoms with Gasteiger partial charge in [0.2, 0.25) is 5.91 Å². The number of carbonyl (C=O) groups excluding carboxylic acids is 3. The number of halogens is 1. The van der Waals surface area contributed by atoms with Gasteiger partial charge in [-0.05, 0) is 72.3 Å². The number of anilines is 2. The number of methoxy groups -OCH3 is 2. The first kappa shape index (κ1) is 33.5. The van der Waals surface area contributed by atoms with Crippen LogP contribution in [-0.4, -0.2) is 31.9 Å². The summed E-state index contributed by atoms with van der Waals surface area (Å²) in [5, 5.41) is 7.56. The lowest BCUT2D eigenvalue weighted by Crippen LogP contribution is -2.30. The molecule has 5 aromatic carbocycles. The van der Waals surface area contributed by atoms with Crippen LogP contribution < -0.4 is 25.4 Å². The van der Waals surface area contributed by atoms with Crippen LogP contribution in [0.3, 0.4) is 0 Å². The average Bonchev–Trinajstić information content (AvgIpc) is 3.12. The number of para-hydroxylation sites is 1. The van der Waals surface area contributed by atoms with Crippen LogP contribution in [0.4, 0.5) is 15.8 Å². The van der Waals surface area contributed by atoms with Crippen LogP contribution in [-0.2, 0) is 9.59 Å². The summed E-state index contributed by atoms with van der Waals surface area (Å²) in [5.41, 5.74) is 2.21. The topological polar surface area (TPSA) is 106 Å². The minimum absolute atomic E-state index is 0.0141. The quantitative estimate of drug-likeness (QED) is 0.0934. The third kappa shape index (κ3) is 8.68. The van der Waals surface area contributed by atoms with Crippen LogP contribution >= 0.6 is 11.8 Å². The van der Waals surface area contributed by atoms with E-state index in [0.29, 0.717) is 28.3 Å². The minimum Gasteiger partial charge on any atom is -0.497 e. The van der Waals surface area contributed by atoms with Crippen molar-refractivity contribution >= 4 is 46.9 Å². The largest absolute Gasteiger partial charge is 0.497 e. The number of rotatable bonds is 12. The predicted molar refractivity (Wildman–Crippen MR) is 187 cm³/mol. The average molecular weight is 662 g/mol. The van der Waals surface area contributed by atoms with Gasteiger partial charge in [-0.1, -0.05) is 60.7 Å². The van der Waals surface area contributed by atoms with E-state index in [4.69, 9.17) is 9.47 Å². The molecule has 0 aliphatic rings. The molecule has 3 amide bonds. The smallest absolute Gasteiger partial charge is 0.272 e. The molecule has 10 heteroatoms. The van der Waals surface area contributed by atoms with Crippen molar-refractivity contribution in [1.29, 1.82) is 0 Å². The molecule has 0 aromatic heterocycles. The molecular weight excluding hydrogens is 629 g/mol. The lowest BCUT2D eigenvalue weighted by Gasteiger charge is -2.18. The number of thioether (sulfide) groups is 1. The Bertz CT molecular complexity index is 1920. The molecule has 48 heavy (non-hydrogen) atoms. The summed E-state index contributed by atoms with van der Waals surface area (Å²) in [6.45, 7) is 0. The Morgan fingerprint density at radius 2 is 1.42 bits per heavy atom. The van der Waals surface area contributed by atoms with Crippen LogP contribution in [0, 0.1) is 5.82 Å². The lowest BCUT2D eigenvalue weighted by molar-refractivity contribution is -0.116.